The van der Waals surface area contributed by atoms with Gasteiger partial charge in [-0.25, -0.2) is 0 Å². The quantitative estimate of drug-likeness (QED) is 0.777. The van der Waals surface area contributed by atoms with Gasteiger partial charge in [0.05, 0.1) is 0 Å². The lowest BCUT2D eigenvalue weighted by Gasteiger charge is -2.27. The lowest BCUT2D eigenvalue weighted by atomic mass is 9.84. The number of halogens is 2. The maximum Gasteiger partial charge on any atom is 0.224 e. The van der Waals surface area contributed by atoms with Gasteiger partial charge in [0.15, 0.2) is 0 Å². The van der Waals surface area contributed by atoms with Crippen LogP contribution in [0.4, 0.5) is 5.69 Å². The molecule has 4 nitrogen and oxygen atoms in total. The molecule has 24 heavy (non-hydrogen) atoms. The normalized spacial score (nSPS) is 17.6. The van der Waals surface area contributed by atoms with E-state index in [1.165, 1.54) is 0 Å². The van der Waals surface area contributed by atoms with Crippen LogP contribution < -0.4 is 10.6 Å². The summed E-state index contributed by atoms with van der Waals surface area (Å²) in [5.41, 5.74) is 1.52. The van der Waals surface area contributed by atoms with Crippen molar-refractivity contribution < 1.29 is 9.00 Å². The van der Waals surface area contributed by atoms with Crippen LogP contribution in [0.15, 0.2) is 18.2 Å². The second-order valence-electron chi connectivity index (χ2n) is 6.34. The van der Waals surface area contributed by atoms with Gasteiger partial charge in [-0.15, -0.1) is 12.4 Å². The molecule has 2 N–H and O–H groups in total. The minimum Gasteiger partial charge on any atom is -0.326 e. The zero-order valence-electron chi connectivity index (χ0n) is 14.1. The summed E-state index contributed by atoms with van der Waals surface area (Å²) in [5, 5.41) is 6.88. The van der Waals surface area contributed by atoms with Crippen molar-refractivity contribution in [3.05, 3.63) is 28.8 Å². The number of nitrogens with one attached hydrogen (secondary N) is 2. The van der Waals surface area contributed by atoms with Gasteiger partial charge in [-0.05, 0) is 61.5 Å². The number of carbonyl (C=O) groups is 1. The fraction of sp³-hybridized carbons (Fsp3) is 0.588. The fourth-order valence-corrected chi connectivity index (χ4v) is 4.01. The van der Waals surface area contributed by atoms with Crippen molar-refractivity contribution >= 4 is 46.4 Å². The summed E-state index contributed by atoms with van der Waals surface area (Å²) in [6.07, 6.45) is 4.45. The molecule has 136 valence electrons. The third kappa shape index (κ3) is 6.71. The van der Waals surface area contributed by atoms with Gasteiger partial charge in [0.2, 0.25) is 5.91 Å². The molecule has 0 aliphatic carbocycles. The van der Waals surface area contributed by atoms with Crippen LogP contribution in [0.25, 0.3) is 0 Å². The highest BCUT2D eigenvalue weighted by Gasteiger charge is 2.22. The fourth-order valence-electron chi connectivity index (χ4n) is 3.07. The number of hydrogen-bond donors (Lipinski definition) is 2. The van der Waals surface area contributed by atoms with E-state index in [-0.39, 0.29) is 18.3 Å². The van der Waals surface area contributed by atoms with Crippen molar-refractivity contribution in [2.75, 3.05) is 24.7 Å². The Balaban J connectivity index is 0.00000288. The van der Waals surface area contributed by atoms with Crippen LogP contribution in [-0.4, -0.2) is 29.5 Å². The Bertz CT molecular complexity index is 578. The summed E-state index contributed by atoms with van der Waals surface area (Å²) in [7, 11) is -0.963. The predicted molar refractivity (Wildman–Crippen MR) is 104 cm³/mol. The SMILES string of the molecule is CC(CC(=O)Nc1ccc(Cl)c(CS(C)=O)c1)C1CCNCC1.Cl. The third-order valence-corrected chi connectivity index (χ3v) is 5.47. The first-order valence-electron chi connectivity index (χ1n) is 8.04. The molecule has 1 aliphatic heterocycles. The van der Waals surface area contributed by atoms with Gasteiger partial charge >= 0.3 is 0 Å². The summed E-state index contributed by atoms with van der Waals surface area (Å²) >= 11 is 6.11. The van der Waals surface area contributed by atoms with E-state index in [9.17, 15) is 9.00 Å². The molecule has 1 aromatic rings. The van der Waals surface area contributed by atoms with Gasteiger partial charge in [-0.2, -0.15) is 0 Å². The van der Waals surface area contributed by atoms with Crippen molar-refractivity contribution in [1.82, 2.24) is 5.32 Å². The first-order valence-corrected chi connectivity index (χ1v) is 10.1. The molecule has 0 spiro atoms. The molecule has 1 fully saturated rings. The van der Waals surface area contributed by atoms with E-state index in [2.05, 4.69) is 17.6 Å². The van der Waals surface area contributed by atoms with Crippen molar-refractivity contribution in [3.8, 4) is 0 Å². The Hall–Kier alpha value is -0.620. The lowest BCUT2D eigenvalue weighted by Crippen LogP contribution is -2.32. The third-order valence-electron chi connectivity index (χ3n) is 4.38. The monoisotopic (exact) mass is 392 g/mol. The molecule has 0 aromatic heterocycles. The Kier molecular flexibility index (Phi) is 9.27. The summed E-state index contributed by atoms with van der Waals surface area (Å²) < 4.78 is 11.4. The Morgan fingerprint density at radius 1 is 1.42 bits per heavy atom. The Morgan fingerprint density at radius 2 is 2.08 bits per heavy atom. The summed E-state index contributed by atoms with van der Waals surface area (Å²) in [5.74, 6) is 1.42. The summed E-state index contributed by atoms with van der Waals surface area (Å²) in [6, 6.07) is 5.35. The number of anilines is 1. The molecule has 2 atom stereocenters. The van der Waals surface area contributed by atoms with Crippen molar-refractivity contribution in [2.45, 2.75) is 31.9 Å². The van der Waals surface area contributed by atoms with Crippen molar-refractivity contribution in [1.29, 1.82) is 0 Å². The van der Waals surface area contributed by atoms with Gasteiger partial charge in [0, 0.05) is 39.9 Å². The molecule has 0 bridgehead atoms. The molecule has 0 saturated carbocycles. The highest BCUT2D eigenvalue weighted by Crippen LogP contribution is 2.26. The number of amides is 1. The molecule has 1 aromatic carbocycles. The zero-order valence-corrected chi connectivity index (χ0v) is 16.5. The van der Waals surface area contributed by atoms with Gasteiger partial charge < -0.3 is 10.6 Å². The minimum atomic E-state index is -0.963. The topological polar surface area (TPSA) is 58.2 Å². The molecule has 2 unspecified atom stereocenters. The summed E-state index contributed by atoms with van der Waals surface area (Å²) in [4.78, 5) is 12.3. The smallest absolute Gasteiger partial charge is 0.224 e. The predicted octanol–water partition coefficient (Wildman–Crippen LogP) is 3.60. The molecule has 0 radical (unpaired) electrons. The molecule has 1 aliphatic rings. The van der Waals surface area contributed by atoms with E-state index >= 15 is 0 Å². The maximum atomic E-state index is 12.3. The number of carbonyl (C=O) groups excluding carboxylic acids is 1. The average Bonchev–Trinajstić information content (AvgIpc) is 2.51. The Morgan fingerprint density at radius 3 is 2.71 bits per heavy atom. The zero-order chi connectivity index (χ0) is 16.8. The van der Waals surface area contributed by atoms with Crippen molar-refractivity contribution in [3.63, 3.8) is 0 Å². The molecule has 1 amide bonds. The molecule has 1 saturated heterocycles. The molecular formula is C17H26Cl2N2O2S. The van der Waals surface area contributed by atoms with E-state index < -0.39 is 10.8 Å². The number of piperidine rings is 1. The van der Waals surface area contributed by atoms with E-state index in [4.69, 9.17) is 11.6 Å². The summed E-state index contributed by atoms with van der Waals surface area (Å²) in [6.45, 7) is 4.25. The van der Waals surface area contributed by atoms with E-state index in [0.29, 0.717) is 29.0 Å². The number of benzene rings is 1. The van der Waals surface area contributed by atoms with E-state index in [0.717, 1.165) is 37.2 Å². The van der Waals surface area contributed by atoms with Crippen LogP contribution in [0.5, 0.6) is 0 Å². The Labute approximate surface area is 158 Å². The maximum absolute atomic E-state index is 12.3. The van der Waals surface area contributed by atoms with Crippen LogP contribution in [0.1, 0.15) is 31.7 Å². The second kappa shape index (κ2) is 10.4. The van der Waals surface area contributed by atoms with Crippen molar-refractivity contribution in [2.24, 2.45) is 11.8 Å². The van der Waals surface area contributed by atoms with E-state index in [1.807, 2.05) is 6.07 Å². The lowest BCUT2D eigenvalue weighted by molar-refractivity contribution is -0.117. The first kappa shape index (κ1) is 21.4. The van der Waals surface area contributed by atoms with Crippen LogP contribution in [0.2, 0.25) is 5.02 Å². The molecule has 1 heterocycles. The standard InChI is InChI=1S/C17H25ClN2O2S.ClH/c1-12(13-5-7-19-8-6-13)9-17(21)20-15-3-4-16(18)14(10-15)11-23(2)22;/h3-4,10,12-13,19H,5-9,11H2,1-2H3,(H,20,21);1H. The van der Waals surface area contributed by atoms with Gasteiger partial charge in [0.25, 0.3) is 0 Å². The average molecular weight is 393 g/mol. The van der Waals surface area contributed by atoms with Gasteiger partial charge in [-0.1, -0.05) is 18.5 Å². The highest BCUT2D eigenvalue weighted by molar-refractivity contribution is 7.83. The van der Waals surface area contributed by atoms with Crippen LogP contribution in [0, 0.1) is 11.8 Å². The van der Waals surface area contributed by atoms with Gasteiger partial charge in [0.1, 0.15) is 0 Å². The number of hydrogen-bond acceptors (Lipinski definition) is 3. The largest absolute Gasteiger partial charge is 0.326 e. The molecular weight excluding hydrogens is 367 g/mol. The van der Waals surface area contributed by atoms with Crippen LogP contribution in [0.3, 0.4) is 0 Å². The first-order chi connectivity index (χ1) is 11.0. The molecule has 2 rings (SSSR count). The minimum absolute atomic E-state index is 0. The van der Waals surface area contributed by atoms with E-state index in [1.54, 1.807) is 18.4 Å². The molecule has 7 heteroatoms. The van der Waals surface area contributed by atoms with Gasteiger partial charge in [-0.3, -0.25) is 9.00 Å². The highest BCUT2D eigenvalue weighted by atomic mass is 35.5. The van der Waals surface area contributed by atoms with Crippen LogP contribution >= 0.6 is 24.0 Å². The number of rotatable bonds is 6. The second-order valence-corrected chi connectivity index (χ2v) is 8.18. The van der Waals surface area contributed by atoms with Crippen LogP contribution in [-0.2, 0) is 21.3 Å².